The molecule has 2 aromatic rings. The number of thioether (sulfide) groups is 1. The Morgan fingerprint density at radius 1 is 1.22 bits per heavy atom. The highest BCUT2D eigenvalue weighted by Gasteiger charge is 2.10. The first-order valence-electron chi connectivity index (χ1n) is 7.40. The van der Waals surface area contributed by atoms with E-state index in [1.54, 1.807) is 12.1 Å². The molecule has 2 aromatic carbocycles. The van der Waals surface area contributed by atoms with Crippen LogP contribution >= 0.6 is 23.4 Å². The molecule has 2 nitrogen and oxygen atoms in total. The van der Waals surface area contributed by atoms with Gasteiger partial charge in [-0.15, -0.1) is 11.8 Å². The van der Waals surface area contributed by atoms with Crippen LogP contribution in [0.5, 0.6) is 0 Å². The molecule has 0 aliphatic rings. The van der Waals surface area contributed by atoms with Gasteiger partial charge in [-0.05, 0) is 23.6 Å². The van der Waals surface area contributed by atoms with Crippen LogP contribution in [0.4, 0.5) is 4.39 Å². The van der Waals surface area contributed by atoms with Crippen LogP contribution in [-0.4, -0.2) is 18.2 Å². The molecule has 122 valence electrons. The van der Waals surface area contributed by atoms with E-state index in [9.17, 15) is 9.18 Å². The SMILES string of the molecule is C[C@H](CNC(=O)CSCc1c(F)cccc1Cl)c1ccccc1. The van der Waals surface area contributed by atoms with Gasteiger partial charge in [0.05, 0.1) is 5.75 Å². The van der Waals surface area contributed by atoms with Crippen molar-refractivity contribution in [2.45, 2.75) is 18.6 Å². The van der Waals surface area contributed by atoms with E-state index in [0.717, 1.165) is 0 Å². The van der Waals surface area contributed by atoms with Gasteiger partial charge < -0.3 is 5.32 Å². The van der Waals surface area contributed by atoms with Gasteiger partial charge in [-0.3, -0.25) is 4.79 Å². The summed E-state index contributed by atoms with van der Waals surface area (Å²) in [7, 11) is 0. The Morgan fingerprint density at radius 2 is 1.96 bits per heavy atom. The summed E-state index contributed by atoms with van der Waals surface area (Å²) in [6.07, 6.45) is 0. The lowest BCUT2D eigenvalue weighted by molar-refractivity contribution is -0.118. The van der Waals surface area contributed by atoms with Crippen LogP contribution in [0.25, 0.3) is 0 Å². The molecule has 0 fully saturated rings. The Hall–Kier alpha value is -1.52. The molecule has 1 N–H and O–H groups in total. The second-order valence-electron chi connectivity index (χ2n) is 5.31. The minimum Gasteiger partial charge on any atom is -0.355 e. The number of hydrogen-bond acceptors (Lipinski definition) is 2. The number of amides is 1. The molecular formula is C18H19ClFNOS. The molecule has 0 saturated carbocycles. The normalized spacial score (nSPS) is 12.0. The molecule has 23 heavy (non-hydrogen) atoms. The van der Waals surface area contributed by atoms with Crippen molar-refractivity contribution >= 4 is 29.3 Å². The van der Waals surface area contributed by atoms with Gasteiger partial charge in [0, 0.05) is 22.9 Å². The van der Waals surface area contributed by atoms with Crippen molar-refractivity contribution in [1.82, 2.24) is 5.32 Å². The molecule has 0 spiro atoms. The standard InChI is InChI=1S/C18H19ClFNOS/c1-13(14-6-3-2-4-7-14)10-21-18(22)12-23-11-15-16(19)8-5-9-17(15)20/h2-9,13H,10-12H2,1H3,(H,21,22)/t13-/m1/s1. The van der Waals surface area contributed by atoms with Gasteiger partial charge in [0.15, 0.2) is 0 Å². The Bertz CT molecular complexity index is 630. The molecule has 0 aromatic heterocycles. The summed E-state index contributed by atoms with van der Waals surface area (Å²) in [5.41, 5.74) is 1.64. The lowest BCUT2D eigenvalue weighted by Crippen LogP contribution is -2.29. The fourth-order valence-corrected chi connectivity index (χ4v) is 3.33. The van der Waals surface area contributed by atoms with E-state index in [1.165, 1.54) is 23.4 Å². The molecule has 0 aliphatic carbocycles. The predicted molar refractivity (Wildman–Crippen MR) is 95.4 cm³/mol. The number of rotatable bonds is 7. The summed E-state index contributed by atoms with van der Waals surface area (Å²) < 4.78 is 13.6. The first-order valence-corrected chi connectivity index (χ1v) is 8.93. The Morgan fingerprint density at radius 3 is 2.65 bits per heavy atom. The maximum absolute atomic E-state index is 13.6. The Kier molecular flexibility index (Phi) is 6.93. The van der Waals surface area contributed by atoms with E-state index < -0.39 is 0 Å². The van der Waals surface area contributed by atoms with Crippen LogP contribution < -0.4 is 5.32 Å². The maximum atomic E-state index is 13.6. The number of carbonyl (C=O) groups excluding carboxylic acids is 1. The number of halogens is 2. The second-order valence-corrected chi connectivity index (χ2v) is 6.70. The molecule has 0 aliphatic heterocycles. The number of benzene rings is 2. The van der Waals surface area contributed by atoms with Gasteiger partial charge >= 0.3 is 0 Å². The van der Waals surface area contributed by atoms with Crippen LogP contribution in [0, 0.1) is 5.82 Å². The van der Waals surface area contributed by atoms with Crippen molar-refractivity contribution in [3.63, 3.8) is 0 Å². The zero-order valence-electron chi connectivity index (χ0n) is 12.9. The number of nitrogens with one attached hydrogen (secondary N) is 1. The van der Waals surface area contributed by atoms with Crippen LogP contribution in [0.3, 0.4) is 0 Å². The molecule has 5 heteroatoms. The molecule has 1 atom stereocenters. The van der Waals surface area contributed by atoms with Crippen molar-refractivity contribution in [3.05, 3.63) is 70.5 Å². The van der Waals surface area contributed by atoms with E-state index in [2.05, 4.69) is 12.2 Å². The Labute approximate surface area is 145 Å². The summed E-state index contributed by atoms with van der Waals surface area (Å²) >= 11 is 7.32. The average molecular weight is 352 g/mol. The highest BCUT2D eigenvalue weighted by atomic mass is 35.5. The maximum Gasteiger partial charge on any atom is 0.230 e. The van der Waals surface area contributed by atoms with Crippen LogP contribution in [-0.2, 0) is 10.5 Å². The van der Waals surface area contributed by atoms with Crippen LogP contribution in [0.1, 0.15) is 24.0 Å². The van der Waals surface area contributed by atoms with E-state index in [0.29, 0.717) is 22.9 Å². The largest absolute Gasteiger partial charge is 0.355 e. The smallest absolute Gasteiger partial charge is 0.230 e. The van der Waals surface area contributed by atoms with Crippen LogP contribution in [0.15, 0.2) is 48.5 Å². The third-order valence-electron chi connectivity index (χ3n) is 3.52. The van der Waals surface area contributed by atoms with Crippen LogP contribution in [0.2, 0.25) is 5.02 Å². The van der Waals surface area contributed by atoms with Gasteiger partial charge in [0.2, 0.25) is 5.91 Å². The summed E-state index contributed by atoms with van der Waals surface area (Å²) in [5, 5.41) is 3.31. The molecule has 0 saturated heterocycles. The predicted octanol–water partition coefficient (Wildman–Crippen LogP) is 4.63. The van der Waals surface area contributed by atoms with Gasteiger partial charge in [0.1, 0.15) is 5.82 Å². The average Bonchev–Trinajstić information content (AvgIpc) is 2.56. The van der Waals surface area contributed by atoms with Gasteiger partial charge in [-0.1, -0.05) is 54.9 Å². The van der Waals surface area contributed by atoms with Crippen molar-refractivity contribution < 1.29 is 9.18 Å². The van der Waals surface area contributed by atoms with E-state index in [1.807, 2.05) is 30.3 Å². The summed E-state index contributed by atoms with van der Waals surface area (Å²) in [6, 6.07) is 14.6. The highest BCUT2D eigenvalue weighted by Crippen LogP contribution is 2.23. The molecule has 0 radical (unpaired) electrons. The molecule has 2 rings (SSSR count). The summed E-state index contributed by atoms with van der Waals surface area (Å²) in [4.78, 5) is 11.9. The van der Waals surface area contributed by atoms with Crippen molar-refractivity contribution in [1.29, 1.82) is 0 Å². The summed E-state index contributed by atoms with van der Waals surface area (Å²) in [5.74, 6) is 0.541. The minimum atomic E-state index is -0.330. The third kappa shape index (κ3) is 5.56. The first kappa shape index (κ1) is 17.8. The second kappa shape index (κ2) is 8.94. The number of hydrogen-bond donors (Lipinski definition) is 1. The summed E-state index contributed by atoms with van der Waals surface area (Å²) in [6.45, 7) is 2.66. The zero-order valence-corrected chi connectivity index (χ0v) is 14.5. The first-order chi connectivity index (χ1) is 11.1. The van der Waals surface area contributed by atoms with Crippen molar-refractivity contribution in [3.8, 4) is 0 Å². The molecule has 0 unspecified atom stereocenters. The molecule has 0 heterocycles. The van der Waals surface area contributed by atoms with Crippen molar-refractivity contribution in [2.24, 2.45) is 0 Å². The zero-order chi connectivity index (χ0) is 16.7. The fourth-order valence-electron chi connectivity index (χ4n) is 2.13. The molecular weight excluding hydrogens is 333 g/mol. The molecule has 1 amide bonds. The minimum absolute atomic E-state index is 0.0507. The van der Waals surface area contributed by atoms with Crippen molar-refractivity contribution in [2.75, 3.05) is 12.3 Å². The van der Waals surface area contributed by atoms with E-state index >= 15 is 0 Å². The lowest BCUT2D eigenvalue weighted by atomic mass is 10.0. The van der Waals surface area contributed by atoms with Gasteiger partial charge in [0.25, 0.3) is 0 Å². The monoisotopic (exact) mass is 351 g/mol. The van der Waals surface area contributed by atoms with Gasteiger partial charge in [-0.25, -0.2) is 4.39 Å². The van der Waals surface area contributed by atoms with Gasteiger partial charge in [-0.2, -0.15) is 0 Å². The lowest BCUT2D eigenvalue weighted by Gasteiger charge is -2.13. The number of carbonyl (C=O) groups is 1. The highest BCUT2D eigenvalue weighted by molar-refractivity contribution is 7.99. The fraction of sp³-hybridized carbons (Fsp3) is 0.278. The molecule has 0 bridgehead atoms. The van der Waals surface area contributed by atoms with E-state index in [-0.39, 0.29) is 23.4 Å². The third-order valence-corrected chi connectivity index (χ3v) is 4.83. The Balaban J connectivity index is 1.73. The topological polar surface area (TPSA) is 29.1 Å². The van der Waals surface area contributed by atoms with E-state index in [4.69, 9.17) is 11.6 Å². The quantitative estimate of drug-likeness (QED) is 0.787.